The lowest BCUT2D eigenvalue weighted by molar-refractivity contribution is 0.0613. The first-order valence-electron chi connectivity index (χ1n) is 14.9. The Morgan fingerprint density at radius 2 is 1.95 bits per heavy atom. The van der Waals surface area contributed by atoms with Gasteiger partial charge in [-0.1, -0.05) is 19.6 Å². The lowest BCUT2D eigenvalue weighted by Gasteiger charge is -2.47. The molecule has 1 spiro atoms. The first-order valence-corrected chi connectivity index (χ1v) is 18.6. The van der Waals surface area contributed by atoms with Gasteiger partial charge in [0, 0.05) is 58.0 Å². The Morgan fingerprint density at radius 1 is 1.14 bits per heavy atom. The molecule has 42 heavy (non-hydrogen) atoms. The molecule has 1 aromatic carbocycles. The molecule has 2 fully saturated rings. The van der Waals surface area contributed by atoms with Crippen molar-refractivity contribution in [2.45, 2.75) is 65.0 Å². The Bertz CT molecular complexity index is 1590. The van der Waals surface area contributed by atoms with Crippen molar-refractivity contribution in [3.05, 3.63) is 36.2 Å². The molecule has 2 aliphatic rings. The molecule has 3 aromatic heterocycles. The van der Waals surface area contributed by atoms with E-state index in [9.17, 15) is 9.90 Å². The molecule has 0 saturated carbocycles. The number of amides is 1. The minimum atomic E-state index is -1.16. The fourth-order valence-corrected chi connectivity index (χ4v) is 7.02. The van der Waals surface area contributed by atoms with Crippen molar-refractivity contribution in [1.29, 1.82) is 0 Å². The van der Waals surface area contributed by atoms with Crippen LogP contribution in [0.3, 0.4) is 0 Å². The zero-order valence-electron chi connectivity index (χ0n) is 25.0. The highest BCUT2D eigenvalue weighted by molar-refractivity contribution is 6.76. The van der Waals surface area contributed by atoms with Gasteiger partial charge in [0.05, 0.1) is 17.5 Å². The van der Waals surface area contributed by atoms with Crippen LogP contribution in [0.15, 0.2) is 34.9 Å². The fourth-order valence-electron chi connectivity index (χ4n) is 6.27. The second-order valence-corrected chi connectivity index (χ2v) is 18.7. The number of nitrogens with zero attached hydrogens (tertiary/aromatic N) is 6. The van der Waals surface area contributed by atoms with Crippen LogP contribution < -0.4 is 10.2 Å². The third kappa shape index (κ3) is 5.96. The van der Waals surface area contributed by atoms with Gasteiger partial charge in [-0.2, -0.15) is 10.1 Å². The molecule has 224 valence electrons. The van der Waals surface area contributed by atoms with Gasteiger partial charge in [-0.15, -0.1) is 0 Å². The van der Waals surface area contributed by atoms with Crippen molar-refractivity contribution in [3.63, 3.8) is 0 Å². The Kier molecular flexibility index (Phi) is 7.60. The molecule has 0 radical (unpaired) electrons. The number of ether oxygens (including phenoxy) is 1. The predicted octanol–water partition coefficient (Wildman–Crippen LogP) is 6.30. The molecule has 4 aromatic rings. The Labute approximate surface area is 246 Å². The Hall–Kier alpha value is -3.64. The third-order valence-electron chi connectivity index (χ3n) is 8.74. The van der Waals surface area contributed by atoms with E-state index < -0.39 is 14.2 Å². The van der Waals surface area contributed by atoms with Crippen molar-refractivity contribution in [1.82, 2.24) is 24.6 Å². The van der Waals surface area contributed by atoms with Gasteiger partial charge < -0.3 is 29.4 Å². The maximum atomic E-state index is 11.6. The number of hydrogen-bond acceptors (Lipinski definition) is 8. The zero-order valence-corrected chi connectivity index (χ0v) is 26.0. The van der Waals surface area contributed by atoms with Crippen LogP contribution in [0.25, 0.3) is 22.0 Å². The van der Waals surface area contributed by atoms with Crippen LogP contribution in [-0.4, -0.2) is 76.7 Å². The number of piperidine rings is 2. The Morgan fingerprint density at radius 3 is 2.71 bits per heavy atom. The third-order valence-corrected chi connectivity index (χ3v) is 10.4. The molecule has 12 heteroatoms. The molecule has 0 aliphatic carbocycles. The highest BCUT2D eigenvalue weighted by Crippen LogP contribution is 2.41. The van der Waals surface area contributed by atoms with E-state index in [0.29, 0.717) is 31.4 Å². The lowest BCUT2D eigenvalue weighted by atomic mass is 9.72. The molecular weight excluding hydrogens is 550 g/mol. The first-order chi connectivity index (χ1) is 20.1. The van der Waals surface area contributed by atoms with Crippen LogP contribution in [0, 0.1) is 12.3 Å². The smallest absolute Gasteiger partial charge is 0.407 e. The predicted molar refractivity (Wildman–Crippen MR) is 166 cm³/mol. The number of rotatable bonds is 8. The van der Waals surface area contributed by atoms with Crippen LogP contribution in [0.5, 0.6) is 0 Å². The second-order valence-electron chi connectivity index (χ2n) is 13.1. The number of hydrogen-bond donors (Lipinski definition) is 2. The maximum Gasteiger partial charge on any atom is 0.407 e. The molecule has 5 heterocycles. The van der Waals surface area contributed by atoms with Crippen LogP contribution in [-0.2, 0) is 11.5 Å². The zero-order chi connectivity index (χ0) is 29.5. The molecule has 2 aliphatic heterocycles. The summed E-state index contributed by atoms with van der Waals surface area (Å²) in [5.41, 5.74) is 4.30. The molecule has 0 bridgehead atoms. The second kappa shape index (κ2) is 11.2. The Balaban J connectivity index is 1.20. The fraction of sp³-hybridized carbons (Fsp3) is 0.533. The van der Waals surface area contributed by atoms with Gasteiger partial charge in [0.15, 0.2) is 11.4 Å². The molecule has 1 amide bonds. The van der Waals surface area contributed by atoms with E-state index in [2.05, 4.69) is 42.0 Å². The summed E-state index contributed by atoms with van der Waals surface area (Å²) < 4.78 is 13.8. The molecule has 2 N–H and O–H groups in total. The van der Waals surface area contributed by atoms with Crippen LogP contribution in [0.1, 0.15) is 31.4 Å². The molecule has 0 unspecified atom stereocenters. The van der Waals surface area contributed by atoms with Gasteiger partial charge >= 0.3 is 6.09 Å². The van der Waals surface area contributed by atoms with E-state index in [1.54, 1.807) is 11.2 Å². The van der Waals surface area contributed by atoms with E-state index >= 15 is 0 Å². The summed E-state index contributed by atoms with van der Waals surface area (Å²) in [4.78, 5) is 25.1. The monoisotopic (exact) mass is 591 g/mol. The van der Waals surface area contributed by atoms with Crippen molar-refractivity contribution in [3.8, 4) is 0 Å². The van der Waals surface area contributed by atoms with E-state index in [-0.39, 0.29) is 5.41 Å². The van der Waals surface area contributed by atoms with Gasteiger partial charge in [-0.05, 0) is 62.3 Å². The maximum absolute atomic E-state index is 11.6. The minimum Gasteiger partial charge on any atom is -0.465 e. The molecule has 0 atom stereocenters. The average molecular weight is 592 g/mol. The van der Waals surface area contributed by atoms with Crippen molar-refractivity contribution < 1.29 is 19.1 Å². The molecule has 11 nitrogen and oxygen atoms in total. The summed E-state index contributed by atoms with van der Waals surface area (Å²) in [5, 5.41) is 18.8. The number of aryl methyl sites for hydroxylation is 1. The molecular formula is C30H41N7O4Si. The summed E-state index contributed by atoms with van der Waals surface area (Å²) >= 11 is 0. The highest BCUT2D eigenvalue weighted by Gasteiger charge is 2.40. The lowest BCUT2D eigenvalue weighted by Crippen LogP contribution is -2.51. The average Bonchev–Trinajstić information content (AvgIpc) is 3.55. The minimum absolute atomic E-state index is 0.0401. The number of likely N-dealkylation sites (tertiary alicyclic amines) is 1. The summed E-state index contributed by atoms with van der Waals surface area (Å²) in [6.07, 6.45) is 4.67. The van der Waals surface area contributed by atoms with Crippen LogP contribution >= 0.6 is 0 Å². The van der Waals surface area contributed by atoms with Gasteiger partial charge in [0.2, 0.25) is 5.95 Å². The quantitative estimate of drug-likeness (QED) is 0.180. The number of furan rings is 1. The van der Waals surface area contributed by atoms with Gasteiger partial charge in [-0.3, -0.25) is 0 Å². The number of nitrogens with one attached hydrogen (secondary N) is 1. The van der Waals surface area contributed by atoms with E-state index in [1.807, 2.05) is 23.7 Å². The molecule has 6 rings (SSSR count). The standard InChI is InChI=1S/C30H41N7O4Si/c1-21-23-7-6-22(18-25(23)37(34-21)20-40-16-17-42(2,3)4)31-28-32-24-8-15-41-26(24)27(33-28)35-13-10-30(11-14-35)9-5-12-36(19-30)29(38)39/h6-8,15,18H,5,9-14,16-17,19-20H2,1-4H3,(H,38,39)(H,31,32,33). The van der Waals surface area contributed by atoms with Crippen LogP contribution in [0.2, 0.25) is 25.7 Å². The SMILES string of the molecule is Cc1nn(COCC[Si](C)(C)C)c2cc(Nc3nc(N4CCC5(CCCN(C(=O)O)C5)CC4)c4occc4n3)ccc12. The number of aromatic nitrogens is 4. The number of anilines is 3. The van der Waals surface area contributed by atoms with Crippen molar-refractivity contribution in [2.75, 3.05) is 43.0 Å². The van der Waals surface area contributed by atoms with E-state index in [0.717, 1.165) is 85.0 Å². The summed E-state index contributed by atoms with van der Waals surface area (Å²) in [6.45, 7) is 13.1. The molecule has 2 saturated heterocycles. The number of benzene rings is 1. The van der Waals surface area contributed by atoms with Gasteiger partial charge in [0.1, 0.15) is 12.2 Å². The highest BCUT2D eigenvalue weighted by atomic mass is 28.3. The number of fused-ring (bicyclic) bond motifs is 2. The first kappa shape index (κ1) is 28.5. The van der Waals surface area contributed by atoms with Crippen molar-refractivity contribution in [2.24, 2.45) is 5.41 Å². The normalized spacial score (nSPS) is 17.4. The van der Waals surface area contributed by atoms with Crippen LogP contribution in [0.4, 0.5) is 22.2 Å². The topological polar surface area (TPSA) is 122 Å². The summed E-state index contributed by atoms with van der Waals surface area (Å²) in [6, 6.07) is 9.15. The number of carbonyl (C=O) groups is 1. The van der Waals surface area contributed by atoms with Gasteiger partial charge in [0.25, 0.3) is 0 Å². The van der Waals surface area contributed by atoms with Gasteiger partial charge in [-0.25, -0.2) is 14.5 Å². The van der Waals surface area contributed by atoms with E-state index in [1.165, 1.54) is 0 Å². The van der Waals surface area contributed by atoms with Crippen molar-refractivity contribution >= 4 is 53.6 Å². The summed E-state index contributed by atoms with van der Waals surface area (Å²) in [5.74, 6) is 1.27. The largest absolute Gasteiger partial charge is 0.465 e. The number of carboxylic acid groups (broad SMARTS) is 1. The van der Waals surface area contributed by atoms with E-state index in [4.69, 9.17) is 24.2 Å². The summed E-state index contributed by atoms with van der Waals surface area (Å²) in [7, 11) is -1.16.